The molecule has 1 N–H and O–H groups in total. The minimum Gasteiger partial charge on any atom is -0.476 e. The first-order valence-electron chi connectivity index (χ1n) is 3.63. The Morgan fingerprint density at radius 2 is 2.17 bits per heavy atom. The Morgan fingerprint density at radius 3 is 2.67 bits per heavy atom. The number of carbonyl (C=O) groups is 2. The number of hydrogen-bond donors (Lipinski definition) is 1. The van der Waals surface area contributed by atoms with Crippen LogP contribution in [0, 0.1) is 0 Å². The molecule has 0 bridgehead atoms. The number of hydrogen-bond acceptors (Lipinski definition) is 3. The molecule has 0 aromatic rings. The summed E-state index contributed by atoms with van der Waals surface area (Å²) in [5.41, 5.74) is 0. The van der Waals surface area contributed by atoms with E-state index in [-0.39, 0.29) is 6.42 Å². The number of Topliss-reactive ketones (excluding diaryl/α,β-unsaturated/α-hetero) is 1. The van der Waals surface area contributed by atoms with Gasteiger partial charge >= 0.3 is 5.97 Å². The lowest BCUT2D eigenvalue weighted by Gasteiger charge is -1.98. The van der Waals surface area contributed by atoms with E-state index in [9.17, 15) is 9.59 Å². The summed E-state index contributed by atoms with van der Waals surface area (Å²) in [7, 11) is 0. The van der Waals surface area contributed by atoms with Gasteiger partial charge in [-0.05, 0) is 6.42 Å². The number of ketones is 1. The van der Waals surface area contributed by atoms with E-state index in [1.807, 2.05) is 0 Å². The van der Waals surface area contributed by atoms with Crippen molar-refractivity contribution in [2.24, 2.45) is 0 Å². The molecule has 0 saturated heterocycles. The van der Waals surface area contributed by atoms with E-state index < -0.39 is 11.8 Å². The zero-order valence-electron chi connectivity index (χ0n) is 6.78. The Morgan fingerprint density at radius 1 is 1.50 bits per heavy atom. The second-order valence-electron chi connectivity index (χ2n) is 2.20. The van der Waals surface area contributed by atoms with Gasteiger partial charge in [0.2, 0.25) is 5.78 Å². The molecule has 0 rings (SSSR count). The molecule has 0 spiro atoms. The van der Waals surface area contributed by atoms with E-state index >= 15 is 0 Å². The van der Waals surface area contributed by atoms with Gasteiger partial charge in [-0.15, -0.1) is 6.58 Å². The van der Waals surface area contributed by atoms with Gasteiger partial charge in [0.15, 0.2) is 0 Å². The second-order valence-corrected chi connectivity index (χ2v) is 2.20. The molecule has 0 atom stereocenters. The zero-order chi connectivity index (χ0) is 9.40. The van der Waals surface area contributed by atoms with E-state index in [1.165, 1.54) is 0 Å². The number of carboxylic acids is 1. The van der Waals surface area contributed by atoms with Crippen LogP contribution in [0.3, 0.4) is 0 Å². The van der Waals surface area contributed by atoms with Gasteiger partial charge in [-0.25, -0.2) is 4.79 Å². The van der Waals surface area contributed by atoms with E-state index in [1.54, 1.807) is 6.08 Å². The normalized spacial score (nSPS) is 9.33. The van der Waals surface area contributed by atoms with E-state index in [0.717, 1.165) is 0 Å². The molecule has 0 aliphatic rings. The van der Waals surface area contributed by atoms with Crippen molar-refractivity contribution < 1.29 is 19.4 Å². The largest absolute Gasteiger partial charge is 0.476 e. The highest BCUT2D eigenvalue weighted by Gasteiger charge is 2.09. The van der Waals surface area contributed by atoms with E-state index in [2.05, 4.69) is 6.58 Å². The minimum absolute atomic E-state index is 0.0342. The van der Waals surface area contributed by atoms with Crippen molar-refractivity contribution in [1.29, 1.82) is 0 Å². The predicted octanol–water partition coefficient (Wildman–Crippen LogP) is 0.623. The molecule has 0 aliphatic carbocycles. The maximum Gasteiger partial charge on any atom is 0.372 e. The molecule has 4 nitrogen and oxygen atoms in total. The first-order valence-corrected chi connectivity index (χ1v) is 3.63. The highest BCUT2D eigenvalue weighted by Crippen LogP contribution is 1.92. The second kappa shape index (κ2) is 6.54. The Labute approximate surface area is 70.8 Å². The Bertz CT molecular complexity index is 174. The van der Waals surface area contributed by atoms with Crippen LogP contribution in [0.2, 0.25) is 0 Å². The standard InChI is InChI=1S/C8H12O4/c1-2-5-12-6-3-4-7(9)8(10)11/h2H,1,3-6H2,(H,10,11). The molecule has 0 amide bonds. The molecule has 0 unspecified atom stereocenters. The SMILES string of the molecule is C=CCOCCCC(=O)C(=O)O. The topological polar surface area (TPSA) is 63.6 Å². The summed E-state index contributed by atoms with van der Waals surface area (Å²) in [6, 6.07) is 0. The van der Waals surface area contributed by atoms with Crippen LogP contribution in [0.5, 0.6) is 0 Å². The highest BCUT2D eigenvalue weighted by molar-refractivity contribution is 6.32. The lowest BCUT2D eigenvalue weighted by molar-refractivity contribution is -0.149. The maximum atomic E-state index is 10.5. The molecule has 68 valence electrons. The maximum absolute atomic E-state index is 10.5. The molecular weight excluding hydrogens is 160 g/mol. The fourth-order valence-electron chi connectivity index (χ4n) is 0.608. The van der Waals surface area contributed by atoms with Crippen molar-refractivity contribution in [3.8, 4) is 0 Å². The number of carbonyl (C=O) groups excluding carboxylic acids is 1. The first-order chi connectivity index (χ1) is 5.68. The monoisotopic (exact) mass is 172 g/mol. The molecular formula is C8H12O4. The van der Waals surface area contributed by atoms with Crippen LogP contribution in [0.4, 0.5) is 0 Å². The van der Waals surface area contributed by atoms with Crippen LogP contribution in [0.1, 0.15) is 12.8 Å². The van der Waals surface area contributed by atoms with Gasteiger partial charge in [-0.2, -0.15) is 0 Å². The molecule has 0 heterocycles. The molecule has 0 aromatic heterocycles. The number of carboxylic acid groups (broad SMARTS) is 1. The van der Waals surface area contributed by atoms with Gasteiger partial charge in [0, 0.05) is 13.0 Å². The summed E-state index contributed by atoms with van der Waals surface area (Å²) < 4.78 is 4.95. The van der Waals surface area contributed by atoms with Crippen LogP contribution in [-0.2, 0) is 14.3 Å². The number of aliphatic carboxylic acids is 1. The Balaban J connectivity index is 3.25. The average Bonchev–Trinajstić information content (AvgIpc) is 2.03. The fourth-order valence-corrected chi connectivity index (χ4v) is 0.608. The van der Waals surface area contributed by atoms with E-state index in [4.69, 9.17) is 9.84 Å². The third-order valence-corrected chi connectivity index (χ3v) is 1.17. The summed E-state index contributed by atoms with van der Waals surface area (Å²) in [5.74, 6) is -2.14. The number of rotatable bonds is 7. The van der Waals surface area contributed by atoms with Crippen LogP contribution >= 0.6 is 0 Å². The van der Waals surface area contributed by atoms with Gasteiger partial charge in [-0.1, -0.05) is 6.08 Å². The highest BCUT2D eigenvalue weighted by atomic mass is 16.5. The molecule has 0 fully saturated rings. The molecule has 0 saturated carbocycles. The van der Waals surface area contributed by atoms with Crippen LogP contribution in [0.15, 0.2) is 12.7 Å². The van der Waals surface area contributed by atoms with Crippen molar-refractivity contribution in [3.05, 3.63) is 12.7 Å². The van der Waals surface area contributed by atoms with Gasteiger partial charge in [0.05, 0.1) is 6.61 Å². The third-order valence-electron chi connectivity index (χ3n) is 1.17. The van der Waals surface area contributed by atoms with E-state index in [0.29, 0.717) is 19.6 Å². The average molecular weight is 172 g/mol. The first kappa shape index (κ1) is 10.8. The predicted molar refractivity (Wildman–Crippen MR) is 42.9 cm³/mol. The van der Waals surface area contributed by atoms with Crippen molar-refractivity contribution in [1.82, 2.24) is 0 Å². The molecule has 0 aliphatic heterocycles. The molecule has 0 radical (unpaired) electrons. The van der Waals surface area contributed by atoms with Crippen LogP contribution < -0.4 is 0 Å². The van der Waals surface area contributed by atoms with Gasteiger partial charge < -0.3 is 9.84 Å². The summed E-state index contributed by atoms with van der Waals surface area (Å²) in [5, 5.41) is 8.18. The minimum atomic E-state index is -1.38. The molecule has 0 aromatic carbocycles. The summed E-state index contributed by atoms with van der Waals surface area (Å²) in [6.45, 7) is 4.26. The van der Waals surface area contributed by atoms with Crippen molar-refractivity contribution in [2.45, 2.75) is 12.8 Å². The zero-order valence-corrected chi connectivity index (χ0v) is 6.78. The van der Waals surface area contributed by atoms with Crippen molar-refractivity contribution >= 4 is 11.8 Å². The van der Waals surface area contributed by atoms with Crippen LogP contribution in [0.25, 0.3) is 0 Å². The summed E-state index contributed by atoms with van der Waals surface area (Å²) in [6.07, 6.45) is 2.07. The quantitative estimate of drug-likeness (QED) is 0.347. The molecule has 4 heteroatoms. The summed E-state index contributed by atoms with van der Waals surface area (Å²) >= 11 is 0. The van der Waals surface area contributed by atoms with Crippen LogP contribution in [-0.4, -0.2) is 30.1 Å². The van der Waals surface area contributed by atoms with Crippen molar-refractivity contribution in [2.75, 3.05) is 13.2 Å². The lowest BCUT2D eigenvalue weighted by atomic mass is 10.2. The Kier molecular flexibility index (Phi) is 5.91. The van der Waals surface area contributed by atoms with Gasteiger partial charge in [0.25, 0.3) is 0 Å². The van der Waals surface area contributed by atoms with Gasteiger partial charge in [-0.3, -0.25) is 4.79 Å². The van der Waals surface area contributed by atoms with Crippen molar-refractivity contribution in [3.63, 3.8) is 0 Å². The van der Waals surface area contributed by atoms with Gasteiger partial charge in [0.1, 0.15) is 0 Å². The third kappa shape index (κ3) is 5.61. The molecule has 12 heavy (non-hydrogen) atoms. The Hall–Kier alpha value is -1.16. The summed E-state index contributed by atoms with van der Waals surface area (Å²) in [4.78, 5) is 20.5. The lowest BCUT2D eigenvalue weighted by Crippen LogP contribution is -2.12. The smallest absolute Gasteiger partial charge is 0.372 e. The number of ether oxygens (including phenoxy) is 1. The fraction of sp³-hybridized carbons (Fsp3) is 0.500.